The van der Waals surface area contributed by atoms with Crippen LogP contribution in [-0.4, -0.2) is 46.5 Å². The van der Waals surface area contributed by atoms with Crippen molar-refractivity contribution in [3.63, 3.8) is 0 Å². The zero-order valence-electron chi connectivity index (χ0n) is 13.3. The molecule has 0 atom stereocenters. The van der Waals surface area contributed by atoms with E-state index in [2.05, 4.69) is 16.0 Å². The van der Waals surface area contributed by atoms with Crippen molar-refractivity contribution < 1.29 is 14.3 Å². The summed E-state index contributed by atoms with van der Waals surface area (Å²) in [5.74, 6) is 0.764. The second-order valence-corrected chi connectivity index (χ2v) is 5.72. The Morgan fingerprint density at radius 2 is 1.91 bits per heavy atom. The fraction of sp³-hybridized carbons (Fsp3) is 0.562. The highest BCUT2D eigenvalue weighted by atomic mass is 16.5. The van der Waals surface area contributed by atoms with E-state index in [9.17, 15) is 4.79 Å². The standard InChI is InChI=1S/C16H25N3O3/c1-21-12-16(7-9-17-10-8-16)11-18-15(20)19-13-3-5-14(22-2)6-4-13/h3-6,17H,7-12H2,1-2H3,(H2,18,19,20). The summed E-state index contributed by atoms with van der Waals surface area (Å²) in [6, 6.07) is 7.06. The third-order valence-electron chi connectivity index (χ3n) is 4.09. The number of benzene rings is 1. The SMILES string of the molecule is COCC1(CNC(=O)Nc2ccc(OC)cc2)CCNCC1. The van der Waals surface area contributed by atoms with Gasteiger partial charge in [-0.05, 0) is 50.2 Å². The van der Waals surface area contributed by atoms with Crippen molar-refractivity contribution in [2.45, 2.75) is 12.8 Å². The number of rotatable bonds is 6. The van der Waals surface area contributed by atoms with Crippen LogP contribution in [0.1, 0.15) is 12.8 Å². The van der Waals surface area contributed by atoms with Gasteiger partial charge in [-0.2, -0.15) is 0 Å². The molecule has 1 aromatic rings. The van der Waals surface area contributed by atoms with Crippen molar-refractivity contribution in [1.82, 2.24) is 10.6 Å². The van der Waals surface area contributed by atoms with E-state index in [0.717, 1.165) is 37.4 Å². The van der Waals surface area contributed by atoms with Gasteiger partial charge in [-0.3, -0.25) is 0 Å². The average Bonchev–Trinajstić information content (AvgIpc) is 2.55. The minimum Gasteiger partial charge on any atom is -0.497 e. The lowest BCUT2D eigenvalue weighted by Crippen LogP contribution is -2.47. The lowest BCUT2D eigenvalue weighted by molar-refractivity contribution is 0.0558. The molecule has 1 aliphatic heterocycles. The number of hydrogen-bond acceptors (Lipinski definition) is 4. The second kappa shape index (κ2) is 8.00. The summed E-state index contributed by atoms with van der Waals surface area (Å²) in [4.78, 5) is 12.0. The first kappa shape index (κ1) is 16.6. The van der Waals surface area contributed by atoms with E-state index in [1.54, 1.807) is 14.2 Å². The van der Waals surface area contributed by atoms with Crippen LogP contribution in [0.5, 0.6) is 5.75 Å². The molecule has 22 heavy (non-hydrogen) atoms. The van der Waals surface area contributed by atoms with Gasteiger partial charge in [0.2, 0.25) is 0 Å². The molecule has 6 nitrogen and oxygen atoms in total. The number of methoxy groups -OCH3 is 2. The highest BCUT2D eigenvalue weighted by molar-refractivity contribution is 5.89. The molecule has 2 rings (SSSR count). The van der Waals surface area contributed by atoms with Crippen LogP contribution in [0.2, 0.25) is 0 Å². The fourth-order valence-corrected chi connectivity index (χ4v) is 2.75. The van der Waals surface area contributed by atoms with Crippen molar-refractivity contribution in [3.8, 4) is 5.75 Å². The summed E-state index contributed by atoms with van der Waals surface area (Å²) >= 11 is 0. The van der Waals surface area contributed by atoms with Gasteiger partial charge in [0.05, 0.1) is 13.7 Å². The van der Waals surface area contributed by atoms with Crippen LogP contribution in [0.25, 0.3) is 0 Å². The average molecular weight is 307 g/mol. The van der Waals surface area contributed by atoms with E-state index in [4.69, 9.17) is 9.47 Å². The number of anilines is 1. The third-order valence-corrected chi connectivity index (χ3v) is 4.09. The Labute approximate surface area is 131 Å². The first-order valence-electron chi connectivity index (χ1n) is 7.56. The Morgan fingerprint density at radius 3 is 2.50 bits per heavy atom. The molecule has 1 fully saturated rings. The summed E-state index contributed by atoms with van der Waals surface area (Å²) in [7, 11) is 3.32. The maximum Gasteiger partial charge on any atom is 0.319 e. The summed E-state index contributed by atoms with van der Waals surface area (Å²) < 4.78 is 10.4. The molecule has 0 aliphatic carbocycles. The van der Waals surface area contributed by atoms with Gasteiger partial charge < -0.3 is 25.4 Å². The number of hydrogen-bond donors (Lipinski definition) is 3. The predicted octanol–water partition coefficient (Wildman–Crippen LogP) is 1.83. The summed E-state index contributed by atoms with van der Waals surface area (Å²) in [6.45, 7) is 3.21. The van der Waals surface area contributed by atoms with Crippen molar-refractivity contribution in [3.05, 3.63) is 24.3 Å². The summed E-state index contributed by atoms with van der Waals surface area (Å²) in [5.41, 5.74) is 0.765. The molecule has 1 aromatic carbocycles. The number of amides is 2. The number of urea groups is 1. The molecule has 0 unspecified atom stereocenters. The molecule has 0 saturated carbocycles. The molecule has 122 valence electrons. The van der Waals surface area contributed by atoms with Gasteiger partial charge in [0, 0.05) is 24.8 Å². The Hall–Kier alpha value is -1.79. The highest BCUT2D eigenvalue weighted by Gasteiger charge is 2.32. The van der Waals surface area contributed by atoms with E-state index < -0.39 is 0 Å². The van der Waals surface area contributed by atoms with Crippen molar-refractivity contribution in [2.24, 2.45) is 5.41 Å². The molecule has 1 saturated heterocycles. The Balaban J connectivity index is 1.84. The number of nitrogens with one attached hydrogen (secondary N) is 3. The van der Waals surface area contributed by atoms with Crippen LogP contribution in [0.3, 0.4) is 0 Å². The summed E-state index contributed by atoms with van der Waals surface area (Å²) in [6.07, 6.45) is 2.01. The number of piperidine rings is 1. The first-order chi connectivity index (χ1) is 10.7. The largest absolute Gasteiger partial charge is 0.497 e. The molecule has 0 aromatic heterocycles. The van der Waals surface area contributed by atoms with E-state index in [1.807, 2.05) is 24.3 Å². The molecular formula is C16H25N3O3. The van der Waals surface area contributed by atoms with Gasteiger partial charge in [-0.25, -0.2) is 4.79 Å². The van der Waals surface area contributed by atoms with Crippen LogP contribution in [0.4, 0.5) is 10.5 Å². The summed E-state index contributed by atoms with van der Waals surface area (Å²) in [5, 5.41) is 9.14. The molecule has 0 spiro atoms. The zero-order valence-corrected chi connectivity index (χ0v) is 13.3. The Bertz CT molecular complexity index is 465. The maximum absolute atomic E-state index is 12.0. The smallest absolute Gasteiger partial charge is 0.319 e. The normalized spacial score (nSPS) is 16.8. The monoisotopic (exact) mass is 307 g/mol. The molecule has 1 aliphatic rings. The van der Waals surface area contributed by atoms with Gasteiger partial charge >= 0.3 is 6.03 Å². The van der Waals surface area contributed by atoms with Gasteiger partial charge in [0.1, 0.15) is 5.75 Å². The van der Waals surface area contributed by atoms with Crippen LogP contribution in [0.15, 0.2) is 24.3 Å². The lowest BCUT2D eigenvalue weighted by atomic mass is 9.79. The van der Waals surface area contributed by atoms with Crippen LogP contribution < -0.4 is 20.7 Å². The van der Waals surface area contributed by atoms with E-state index in [1.165, 1.54) is 0 Å². The molecule has 1 heterocycles. The van der Waals surface area contributed by atoms with Crippen molar-refractivity contribution >= 4 is 11.7 Å². The van der Waals surface area contributed by atoms with Gasteiger partial charge in [-0.15, -0.1) is 0 Å². The van der Waals surface area contributed by atoms with Crippen LogP contribution in [0, 0.1) is 5.41 Å². The highest BCUT2D eigenvalue weighted by Crippen LogP contribution is 2.28. The topological polar surface area (TPSA) is 71.6 Å². The Morgan fingerprint density at radius 1 is 1.23 bits per heavy atom. The first-order valence-corrected chi connectivity index (χ1v) is 7.56. The number of ether oxygens (including phenoxy) is 2. The van der Waals surface area contributed by atoms with Gasteiger partial charge in [-0.1, -0.05) is 0 Å². The van der Waals surface area contributed by atoms with E-state index >= 15 is 0 Å². The molecule has 6 heteroatoms. The molecular weight excluding hydrogens is 282 g/mol. The van der Waals surface area contributed by atoms with Gasteiger partial charge in [0.15, 0.2) is 0 Å². The Kier molecular flexibility index (Phi) is 6.03. The lowest BCUT2D eigenvalue weighted by Gasteiger charge is -2.37. The van der Waals surface area contributed by atoms with E-state index in [0.29, 0.717) is 13.2 Å². The van der Waals surface area contributed by atoms with Crippen molar-refractivity contribution in [1.29, 1.82) is 0 Å². The molecule has 3 N–H and O–H groups in total. The maximum atomic E-state index is 12.0. The second-order valence-electron chi connectivity index (χ2n) is 5.72. The minimum absolute atomic E-state index is 0.0250. The van der Waals surface area contributed by atoms with E-state index in [-0.39, 0.29) is 11.4 Å². The third kappa shape index (κ3) is 4.61. The van der Waals surface area contributed by atoms with Crippen LogP contribution >= 0.6 is 0 Å². The molecule has 2 amide bonds. The van der Waals surface area contributed by atoms with Gasteiger partial charge in [0.25, 0.3) is 0 Å². The van der Waals surface area contributed by atoms with Crippen molar-refractivity contribution in [2.75, 3.05) is 45.8 Å². The van der Waals surface area contributed by atoms with Crippen LogP contribution in [-0.2, 0) is 4.74 Å². The quantitative estimate of drug-likeness (QED) is 0.750. The minimum atomic E-state index is -0.195. The fourth-order valence-electron chi connectivity index (χ4n) is 2.75. The molecule has 0 radical (unpaired) electrons. The zero-order chi connectivity index (χ0) is 15.8. The molecule has 0 bridgehead atoms. The number of carbonyl (C=O) groups excluding carboxylic acids is 1. The predicted molar refractivity (Wildman–Crippen MR) is 86.4 cm³/mol. The number of carbonyl (C=O) groups is 1.